The van der Waals surface area contributed by atoms with Gasteiger partial charge in [-0.05, 0) is 50.8 Å². The summed E-state index contributed by atoms with van der Waals surface area (Å²) < 4.78 is 5.16. The monoisotopic (exact) mass is 385 g/mol. The Morgan fingerprint density at radius 1 is 1.43 bits per heavy atom. The molecule has 7 heteroatoms. The molecular weight excluding hydrogens is 354 g/mol. The molecule has 0 bridgehead atoms. The highest BCUT2D eigenvalue weighted by Gasteiger charge is 2.21. The molecule has 2 heterocycles. The third kappa shape index (κ3) is 5.84. The van der Waals surface area contributed by atoms with Gasteiger partial charge in [-0.1, -0.05) is 19.4 Å². The molecule has 0 unspecified atom stereocenters. The van der Waals surface area contributed by atoms with Crippen molar-refractivity contribution >= 4 is 11.8 Å². The molecule has 0 aromatic carbocycles. The minimum absolute atomic E-state index is 0.308. The first-order valence-electron chi connectivity index (χ1n) is 9.75. The molecule has 1 aromatic rings. The number of carbonyl (C=O) groups is 1. The second-order valence-electron chi connectivity index (χ2n) is 6.94. The summed E-state index contributed by atoms with van der Waals surface area (Å²) in [6.45, 7) is 9.56. The Hall–Kier alpha value is -2.83. The Balaban J connectivity index is 2.37. The summed E-state index contributed by atoms with van der Waals surface area (Å²) in [6, 6.07) is 0. The maximum absolute atomic E-state index is 12.1. The molecule has 0 saturated carbocycles. The third-order valence-corrected chi connectivity index (χ3v) is 4.64. The Morgan fingerprint density at radius 3 is 2.82 bits per heavy atom. The molecule has 7 nitrogen and oxygen atoms in total. The van der Waals surface area contributed by atoms with Crippen LogP contribution in [0.3, 0.4) is 0 Å². The van der Waals surface area contributed by atoms with E-state index in [9.17, 15) is 4.79 Å². The van der Waals surface area contributed by atoms with Crippen LogP contribution in [0.25, 0.3) is 0 Å². The Kier molecular flexibility index (Phi) is 8.04. The van der Waals surface area contributed by atoms with Crippen molar-refractivity contribution in [2.24, 2.45) is 0 Å². The Morgan fingerprint density at radius 2 is 2.21 bits per heavy atom. The lowest BCUT2D eigenvalue weighted by atomic mass is 9.99. The van der Waals surface area contributed by atoms with Crippen molar-refractivity contribution in [1.29, 1.82) is 5.41 Å². The molecule has 1 saturated heterocycles. The maximum Gasteiger partial charge on any atom is 0.414 e. The van der Waals surface area contributed by atoms with Crippen LogP contribution in [-0.4, -0.2) is 40.1 Å². The molecule has 0 radical (unpaired) electrons. The molecule has 0 aliphatic carbocycles. The van der Waals surface area contributed by atoms with Crippen molar-refractivity contribution in [2.45, 2.75) is 53.5 Å². The lowest BCUT2D eigenvalue weighted by Gasteiger charge is -2.27. The highest BCUT2D eigenvalue weighted by molar-refractivity contribution is 6.00. The number of carbonyl (C=O) groups excluding carboxylic acids is 1. The topological polar surface area (TPSA) is 94.1 Å². The number of allylic oxidation sites excluding steroid dienone is 5. The number of nitrogens with one attached hydrogen (secondary N) is 3. The van der Waals surface area contributed by atoms with Crippen LogP contribution < -0.4 is 5.32 Å². The third-order valence-electron chi connectivity index (χ3n) is 4.64. The van der Waals surface area contributed by atoms with E-state index in [1.54, 1.807) is 18.0 Å². The average molecular weight is 386 g/mol. The molecule has 0 atom stereocenters. The first-order chi connectivity index (χ1) is 13.4. The lowest BCUT2D eigenvalue weighted by molar-refractivity contribution is 0.0859. The zero-order valence-electron chi connectivity index (χ0n) is 17.3. The smallest absolute Gasteiger partial charge is 0.414 e. The van der Waals surface area contributed by atoms with Crippen LogP contribution in [0.15, 0.2) is 47.1 Å². The number of nitrogens with zero attached hydrogens (tertiary/aromatic N) is 2. The first kappa shape index (κ1) is 21.5. The molecule has 1 amide bonds. The standard InChI is InChI=1S/C21H31N5O2/c1-5-6-8-19(17(4)22)16(3)20(23-12-18-13-24-25-14-18)11-15(2)26-9-7-10-28-21(26)27/h8,11,13-14,22-23H,5-7,9-10,12H2,1-4H3,(H,24,25)/b15-11+,19-8-,20-16+,22-17?. The average Bonchev–Trinajstić information content (AvgIpc) is 3.18. The van der Waals surface area contributed by atoms with Crippen molar-refractivity contribution in [3.05, 3.63) is 52.6 Å². The molecule has 152 valence electrons. The van der Waals surface area contributed by atoms with Gasteiger partial charge in [0.25, 0.3) is 0 Å². The van der Waals surface area contributed by atoms with Crippen molar-refractivity contribution in [2.75, 3.05) is 13.2 Å². The maximum atomic E-state index is 12.1. The molecule has 1 aromatic heterocycles. The van der Waals surface area contributed by atoms with Crippen LogP contribution in [0, 0.1) is 5.41 Å². The summed E-state index contributed by atoms with van der Waals surface area (Å²) in [7, 11) is 0. The van der Waals surface area contributed by atoms with Crippen molar-refractivity contribution in [3.63, 3.8) is 0 Å². The van der Waals surface area contributed by atoms with E-state index in [0.717, 1.165) is 47.4 Å². The van der Waals surface area contributed by atoms with E-state index in [4.69, 9.17) is 10.1 Å². The molecule has 3 N–H and O–H groups in total. The van der Waals surface area contributed by atoms with Crippen LogP contribution in [0.5, 0.6) is 0 Å². The molecule has 1 aliphatic rings. The van der Waals surface area contributed by atoms with Gasteiger partial charge in [0.2, 0.25) is 0 Å². The van der Waals surface area contributed by atoms with Crippen LogP contribution in [0.1, 0.15) is 52.5 Å². The normalized spacial score (nSPS) is 16.6. The van der Waals surface area contributed by atoms with Crippen molar-refractivity contribution in [3.8, 4) is 0 Å². The predicted molar refractivity (Wildman–Crippen MR) is 111 cm³/mol. The molecule has 28 heavy (non-hydrogen) atoms. The number of rotatable bonds is 9. The fourth-order valence-corrected chi connectivity index (χ4v) is 3.04. The van der Waals surface area contributed by atoms with E-state index >= 15 is 0 Å². The summed E-state index contributed by atoms with van der Waals surface area (Å²) in [5.74, 6) is 0. The zero-order chi connectivity index (χ0) is 20.5. The Labute approximate surface area is 167 Å². The van der Waals surface area contributed by atoms with Gasteiger partial charge < -0.3 is 15.5 Å². The molecule has 0 spiro atoms. The first-order valence-corrected chi connectivity index (χ1v) is 9.75. The number of unbranched alkanes of at least 4 members (excludes halogenated alkanes) is 1. The summed E-state index contributed by atoms with van der Waals surface area (Å²) in [4.78, 5) is 13.7. The summed E-state index contributed by atoms with van der Waals surface area (Å²) in [6.07, 6.45) is 10.1. The number of H-pyrrole nitrogens is 1. The predicted octanol–water partition coefficient (Wildman–Crippen LogP) is 4.29. The number of hydrogen-bond acceptors (Lipinski definition) is 5. The number of amides is 1. The zero-order valence-corrected chi connectivity index (χ0v) is 17.3. The van der Waals surface area contributed by atoms with Gasteiger partial charge in [0.15, 0.2) is 0 Å². The van der Waals surface area contributed by atoms with Crippen LogP contribution >= 0.6 is 0 Å². The van der Waals surface area contributed by atoms with E-state index in [-0.39, 0.29) is 6.09 Å². The minimum atomic E-state index is -0.308. The largest absolute Gasteiger partial charge is 0.449 e. The number of ether oxygens (including phenoxy) is 1. The van der Waals surface area contributed by atoms with Crippen LogP contribution in [-0.2, 0) is 11.3 Å². The second-order valence-corrected chi connectivity index (χ2v) is 6.94. The molecule has 1 fully saturated rings. The van der Waals surface area contributed by atoms with Gasteiger partial charge in [0.05, 0.1) is 12.8 Å². The van der Waals surface area contributed by atoms with E-state index in [0.29, 0.717) is 25.4 Å². The van der Waals surface area contributed by atoms with Gasteiger partial charge in [0, 0.05) is 42.0 Å². The fraction of sp³-hybridized carbons (Fsp3) is 0.476. The van der Waals surface area contributed by atoms with E-state index in [1.165, 1.54) is 0 Å². The van der Waals surface area contributed by atoms with E-state index in [1.807, 2.05) is 26.1 Å². The molecular formula is C21H31N5O2. The number of hydrogen-bond donors (Lipinski definition) is 3. The molecule has 2 rings (SSSR count). The second kappa shape index (κ2) is 10.5. The fourth-order valence-electron chi connectivity index (χ4n) is 3.04. The van der Waals surface area contributed by atoms with Crippen LogP contribution in [0.2, 0.25) is 0 Å². The summed E-state index contributed by atoms with van der Waals surface area (Å²) in [5.41, 5.74) is 5.15. The number of cyclic esters (lactones) is 1. The van der Waals surface area contributed by atoms with Gasteiger partial charge in [-0.25, -0.2) is 4.79 Å². The van der Waals surface area contributed by atoms with Crippen molar-refractivity contribution < 1.29 is 9.53 Å². The van der Waals surface area contributed by atoms with E-state index in [2.05, 4.69) is 28.5 Å². The highest BCUT2D eigenvalue weighted by Crippen LogP contribution is 2.20. The van der Waals surface area contributed by atoms with Crippen LogP contribution in [0.4, 0.5) is 4.79 Å². The van der Waals surface area contributed by atoms with Crippen molar-refractivity contribution in [1.82, 2.24) is 20.4 Å². The SMILES string of the molecule is CCC/C=C(C(C)=N)/C(C)=C(\C=C(/C)N1CCCOC1=O)NCc1cn[nH]c1. The summed E-state index contributed by atoms with van der Waals surface area (Å²) >= 11 is 0. The van der Waals surface area contributed by atoms with Gasteiger partial charge in [-0.15, -0.1) is 0 Å². The molecule has 1 aliphatic heterocycles. The highest BCUT2D eigenvalue weighted by atomic mass is 16.6. The van der Waals surface area contributed by atoms with Gasteiger partial charge >= 0.3 is 6.09 Å². The summed E-state index contributed by atoms with van der Waals surface area (Å²) in [5, 5.41) is 18.4. The Bertz CT molecular complexity index is 775. The number of aromatic amines is 1. The number of aromatic nitrogens is 2. The van der Waals surface area contributed by atoms with Gasteiger partial charge in [-0.3, -0.25) is 10.00 Å². The quantitative estimate of drug-likeness (QED) is 0.437. The van der Waals surface area contributed by atoms with E-state index < -0.39 is 0 Å². The van der Waals surface area contributed by atoms with Gasteiger partial charge in [0.1, 0.15) is 0 Å². The van der Waals surface area contributed by atoms with Gasteiger partial charge in [-0.2, -0.15) is 5.10 Å². The lowest BCUT2D eigenvalue weighted by Crippen LogP contribution is -2.36. The minimum Gasteiger partial charge on any atom is -0.449 e.